The normalized spacial score (nSPS) is 11.7. The zero-order chi connectivity index (χ0) is 11.8. The lowest BCUT2D eigenvalue weighted by Crippen LogP contribution is -2.40. The molecule has 2 aromatic rings. The summed E-state index contributed by atoms with van der Waals surface area (Å²) in [6.07, 6.45) is 4.80. The fourth-order valence-corrected chi connectivity index (χ4v) is 1.40. The van der Waals surface area contributed by atoms with E-state index in [1.165, 1.54) is 6.33 Å². The number of carbonyl (C=O) groups is 1. The number of amides is 1. The van der Waals surface area contributed by atoms with Crippen LogP contribution in [-0.2, 0) is 0 Å². The Balaban J connectivity index is 2.30. The first-order valence-corrected chi connectivity index (χ1v) is 5.07. The molecule has 2 aromatic heterocycles. The average molecular weight is 218 g/mol. The number of nitrogens with zero attached hydrogens (tertiary/aromatic N) is 3. The number of aromatic nitrogens is 3. The molecule has 0 aromatic carbocycles. The van der Waals surface area contributed by atoms with Gasteiger partial charge in [-0.05, 0) is 26.8 Å². The molecule has 1 N–H and O–H groups in total. The molecule has 0 fully saturated rings. The Morgan fingerprint density at radius 3 is 2.81 bits per heavy atom. The van der Waals surface area contributed by atoms with E-state index in [1.54, 1.807) is 23.0 Å². The van der Waals surface area contributed by atoms with Crippen molar-refractivity contribution in [2.24, 2.45) is 0 Å². The van der Waals surface area contributed by atoms with Crippen LogP contribution >= 0.6 is 0 Å². The molecule has 0 spiro atoms. The van der Waals surface area contributed by atoms with Gasteiger partial charge in [0.15, 0.2) is 0 Å². The Morgan fingerprint density at radius 2 is 2.19 bits per heavy atom. The molecular weight excluding hydrogens is 204 g/mol. The Bertz CT molecular complexity index is 491. The first kappa shape index (κ1) is 10.6. The highest BCUT2D eigenvalue weighted by molar-refractivity contribution is 5.95. The molecule has 5 nitrogen and oxygen atoms in total. The van der Waals surface area contributed by atoms with Crippen LogP contribution in [0.5, 0.6) is 0 Å². The van der Waals surface area contributed by atoms with Crippen molar-refractivity contribution in [3.05, 3.63) is 30.4 Å². The fraction of sp³-hybridized carbons (Fsp3) is 0.364. The number of fused-ring (bicyclic) bond motifs is 1. The lowest BCUT2D eigenvalue weighted by Gasteiger charge is -2.19. The molecule has 0 bridgehead atoms. The molecule has 0 saturated heterocycles. The Labute approximate surface area is 93.5 Å². The molecule has 5 heteroatoms. The van der Waals surface area contributed by atoms with Crippen LogP contribution in [0.2, 0.25) is 0 Å². The van der Waals surface area contributed by atoms with Crippen molar-refractivity contribution >= 4 is 11.4 Å². The molecule has 16 heavy (non-hydrogen) atoms. The van der Waals surface area contributed by atoms with Crippen molar-refractivity contribution in [3.8, 4) is 0 Å². The highest BCUT2D eigenvalue weighted by Gasteiger charge is 2.16. The smallest absolute Gasteiger partial charge is 0.253 e. The Kier molecular flexibility index (Phi) is 2.38. The van der Waals surface area contributed by atoms with E-state index in [1.807, 2.05) is 20.8 Å². The van der Waals surface area contributed by atoms with Crippen LogP contribution in [0.4, 0.5) is 0 Å². The third-order valence-electron chi connectivity index (χ3n) is 2.03. The van der Waals surface area contributed by atoms with Crippen molar-refractivity contribution in [2.45, 2.75) is 26.3 Å². The van der Waals surface area contributed by atoms with Gasteiger partial charge in [0, 0.05) is 11.7 Å². The molecular formula is C11H14N4O. The largest absolute Gasteiger partial charge is 0.347 e. The van der Waals surface area contributed by atoms with Gasteiger partial charge in [0.25, 0.3) is 5.91 Å². The van der Waals surface area contributed by atoms with Crippen LogP contribution in [0, 0.1) is 0 Å². The van der Waals surface area contributed by atoms with E-state index >= 15 is 0 Å². The van der Waals surface area contributed by atoms with Gasteiger partial charge >= 0.3 is 0 Å². The molecule has 2 heterocycles. The number of nitrogens with one attached hydrogen (secondary N) is 1. The summed E-state index contributed by atoms with van der Waals surface area (Å²) in [7, 11) is 0. The van der Waals surface area contributed by atoms with Crippen molar-refractivity contribution in [3.63, 3.8) is 0 Å². The summed E-state index contributed by atoms with van der Waals surface area (Å²) in [5.41, 5.74) is 1.16. The zero-order valence-corrected chi connectivity index (χ0v) is 9.56. The minimum Gasteiger partial charge on any atom is -0.347 e. The van der Waals surface area contributed by atoms with Crippen LogP contribution in [0.25, 0.3) is 5.52 Å². The van der Waals surface area contributed by atoms with E-state index in [0.717, 1.165) is 5.52 Å². The van der Waals surface area contributed by atoms with Gasteiger partial charge in [-0.3, -0.25) is 4.79 Å². The summed E-state index contributed by atoms with van der Waals surface area (Å²) in [6.45, 7) is 5.83. The van der Waals surface area contributed by atoms with Crippen molar-refractivity contribution in [1.82, 2.24) is 19.9 Å². The topological polar surface area (TPSA) is 59.3 Å². The van der Waals surface area contributed by atoms with Crippen LogP contribution in [0.1, 0.15) is 31.1 Å². The number of rotatable bonds is 1. The lowest BCUT2D eigenvalue weighted by molar-refractivity contribution is 0.0919. The molecule has 0 aliphatic rings. The summed E-state index contributed by atoms with van der Waals surface area (Å²) < 4.78 is 1.63. The van der Waals surface area contributed by atoms with Crippen molar-refractivity contribution in [1.29, 1.82) is 0 Å². The van der Waals surface area contributed by atoms with E-state index in [0.29, 0.717) is 5.56 Å². The second-order valence-corrected chi connectivity index (χ2v) is 4.71. The highest BCUT2D eigenvalue weighted by atomic mass is 16.1. The molecule has 0 radical (unpaired) electrons. The summed E-state index contributed by atoms with van der Waals surface area (Å²) in [5.74, 6) is -0.0991. The standard InChI is InChI=1S/C11H14N4O/c1-11(2,3)14-10(16)8-4-9-5-12-7-13-15(9)6-8/h4-7H,1-3H3,(H,14,16). The van der Waals surface area contributed by atoms with Crippen LogP contribution in [-0.4, -0.2) is 26.0 Å². The predicted molar refractivity (Wildman–Crippen MR) is 60.2 cm³/mol. The lowest BCUT2D eigenvalue weighted by atomic mass is 10.1. The Morgan fingerprint density at radius 1 is 1.44 bits per heavy atom. The zero-order valence-electron chi connectivity index (χ0n) is 9.56. The monoisotopic (exact) mass is 218 g/mol. The predicted octanol–water partition coefficient (Wildman–Crippen LogP) is 1.26. The van der Waals surface area contributed by atoms with Gasteiger partial charge in [-0.15, -0.1) is 0 Å². The molecule has 0 aliphatic heterocycles. The van der Waals surface area contributed by atoms with Crippen molar-refractivity contribution < 1.29 is 4.79 Å². The SMILES string of the molecule is CC(C)(C)NC(=O)c1cc2cncnn2c1. The molecule has 0 aliphatic carbocycles. The molecule has 2 rings (SSSR count). The average Bonchev–Trinajstić information content (AvgIpc) is 2.58. The van der Waals surface area contributed by atoms with Gasteiger partial charge in [0.2, 0.25) is 0 Å². The number of carbonyl (C=O) groups excluding carboxylic acids is 1. The third kappa shape index (κ3) is 2.18. The second kappa shape index (κ2) is 3.59. The van der Waals surface area contributed by atoms with Crippen LogP contribution < -0.4 is 5.32 Å². The highest BCUT2D eigenvalue weighted by Crippen LogP contribution is 2.09. The van der Waals surface area contributed by atoms with Gasteiger partial charge < -0.3 is 5.32 Å². The van der Waals surface area contributed by atoms with Crippen LogP contribution in [0.15, 0.2) is 24.8 Å². The minimum atomic E-state index is -0.239. The Hall–Kier alpha value is -1.91. The molecule has 0 atom stereocenters. The minimum absolute atomic E-state index is 0.0991. The molecule has 1 amide bonds. The van der Waals surface area contributed by atoms with Gasteiger partial charge in [0.05, 0.1) is 17.3 Å². The maximum absolute atomic E-state index is 11.9. The van der Waals surface area contributed by atoms with Crippen molar-refractivity contribution in [2.75, 3.05) is 0 Å². The first-order valence-electron chi connectivity index (χ1n) is 5.07. The van der Waals surface area contributed by atoms with E-state index in [2.05, 4.69) is 15.4 Å². The van der Waals surface area contributed by atoms with Gasteiger partial charge in [0.1, 0.15) is 6.33 Å². The van der Waals surface area contributed by atoms with E-state index in [-0.39, 0.29) is 11.4 Å². The summed E-state index contributed by atoms with van der Waals surface area (Å²) in [4.78, 5) is 15.8. The number of hydrogen-bond acceptors (Lipinski definition) is 3. The molecule has 84 valence electrons. The maximum Gasteiger partial charge on any atom is 0.253 e. The summed E-state index contributed by atoms with van der Waals surface area (Å²) in [5, 5.41) is 6.90. The van der Waals surface area contributed by atoms with Gasteiger partial charge in [-0.2, -0.15) is 5.10 Å². The third-order valence-corrected chi connectivity index (χ3v) is 2.03. The summed E-state index contributed by atoms with van der Waals surface area (Å²) in [6, 6.07) is 1.76. The number of hydrogen-bond donors (Lipinski definition) is 1. The summed E-state index contributed by atoms with van der Waals surface area (Å²) >= 11 is 0. The van der Waals surface area contributed by atoms with E-state index in [4.69, 9.17) is 0 Å². The first-order chi connectivity index (χ1) is 7.46. The van der Waals surface area contributed by atoms with Gasteiger partial charge in [-0.1, -0.05) is 0 Å². The quantitative estimate of drug-likeness (QED) is 0.783. The molecule has 0 saturated carbocycles. The second-order valence-electron chi connectivity index (χ2n) is 4.71. The van der Waals surface area contributed by atoms with E-state index in [9.17, 15) is 4.79 Å². The maximum atomic E-state index is 11.9. The fourth-order valence-electron chi connectivity index (χ4n) is 1.40. The van der Waals surface area contributed by atoms with Crippen LogP contribution in [0.3, 0.4) is 0 Å². The van der Waals surface area contributed by atoms with E-state index < -0.39 is 0 Å². The van der Waals surface area contributed by atoms with Gasteiger partial charge in [-0.25, -0.2) is 9.50 Å². The molecule has 0 unspecified atom stereocenters.